The van der Waals surface area contributed by atoms with E-state index in [4.69, 9.17) is 9.47 Å². The Morgan fingerprint density at radius 1 is 1.00 bits per heavy atom. The summed E-state index contributed by atoms with van der Waals surface area (Å²) in [4.78, 5) is 24.6. The number of rotatable bonds is 6. The maximum Gasteiger partial charge on any atom is 0.416 e. The van der Waals surface area contributed by atoms with Crippen LogP contribution in [0.15, 0.2) is 59.4 Å². The molecule has 192 valence electrons. The molecule has 5 rings (SSSR count). The zero-order valence-electron chi connectivity index (χ0n) is 20.2. The number of ether oxygens (including phenoxy) is 2. The molecular weight excluding hydrogens is 503 g/mol. The van der Waals surface area contributed by atoms with Crippen LogP contribution in [0.2, 0.25) is 0 Å². The third-order valence-corrected chi connectivity index (χ3v) is 7.46. The fourth-order valence-electron chi connectivity index (χ4n) is 4.40. The number of hydrogen-bond donors (Lipinski definition) is 1. The van der Waals surface area contributed by atoms with Crippen molar-refractivity contribution >= 4 is 11.3 Å². The Hall–Kier alpha value is -3.63. The van der Waals surface area contributed by atoms with Crippen LogP contribution in [0, 0.1) is 0 Å². The molecule has 6 nitrogen and oxygen atoms in total. The summed E-state index contributed by atoms with van der Waals surface area (Å²) >= 11 is 1.68. The van der Waals surface area contributed by atoms with Gasteiger partial charge in [-0.15, -0.1) is 11.3 Å². The molecular formula is C27H24F3N3O3S. The zero-order chi connectivity index (χ0) is 26.2. The van der Waals surface area contributed by atoms with Crippen LogP contribution in [0.5, 0.6) is 11.5 Å². The van der Waals surface area contributed by atoms with Crippen LogP contribution in [-0.2, 0) is 25.7 Å². The third-order valence-electron chi connectivity index (χ3n) is 6.34. The first kappa shape index (κ1) is 25.0. The first-order valence-corrected chi connectivity index (χ1v) is 12.4. The smallest absolute Gasteiger partial charge is 0.416 e. The van der Waals surface area contributed by atoms with Crippen molar-refractivity contribution in [2.75, 3.05) is 20.8 Å². The molecule has 2 aromatic carbocycles. The first-order valence-electron chi connectivity index (χ1n) is 11.6. The van der Waals surface area contributed by atoms with Gasteiger partial charge in [0.2, 0.25) is 0 Å². The van der Waals surface area contributed by atoms with Crippen molar-refractivity contribution in [3.63, 3.8) is 0 Å². The highest BCUT2D eigenvalue weighted by atomic mass is 32.1. The summed E-state index contributed by atoms with van der Waals surface area (Å²) in [6.07, 6.45) is -3.83. The van der Waals surface area contributed by atoms with E-state index in [9.17, 15) is 18.0 Å². The largest absolute Gasteiger partial charge is 0.493 e. The predicted octanol–water partition coefficient (Wildman–Crippen LogP) is 5.76. The molecule has 4 aromatic rings. The molecule has 1 aliphatic rings. The number of hydrogen-bond acceptors (Lipinski definition) is 6. The second kappa shape index (κ2) is 10.0. The van der Waals surface area contributed by atoms with Crippen LogP contribution in [0.3, 0.4) is 0 Å². The van der Waals surface area contributed by atoms with Crippen LogP contribution in [0.25, 0.3) is 21.8 Å². The van der Waals surface area contributed by atoms with E-state index < -0.39 is 11.7 Å². The summed E-state index contributed by atoms with van der Waals surface area (Å²) in [5, 5.41) is 0. The van der Waals surface area contributed by atoms with Crippen molar-refractivity contribution in [3.8, 4) is 33.3 Å². The molecule has 0 bridgehead atoms. The van der Waals surface area contributed by atoms with E-state index in [1.165, 1.54) is 17.0 Å². The van der Waals surface area contributed by atoms with Gasteiger partial charge in [-0.1, -0.05) is 12.1 Å². The van der Waals surface area contributed by atoms with Crippen molar-refractivity contribution in [2.45, 2.75) is 25.7 Å². The maximum atomic E-state index is 12.9. The molecule has 0 atom stereocenters. The molecule has 0 fully saturated rings. The van der Waals surface area contributed by atoms with Gasteiger partial charge in [-0.2, -0.15) is 13.2 Å². The van der Waals surface area contributed by atoms with Crippen molar-refractivity contribution < 1.29 is 22.6 Å². The highest BCUT2D eigenvalue weighted by Crippen LogP contribution is 2.36. The van der Waals surface area contributed by atoms with E-state index in [0.717, 1.165) is 29.1 Å². The Morgan fingerprint density at radius 3 is 2.43 bits per heavy atom. The highest BCUT2D eigenvalue weighted by molar-refractivity contribution is 7.15. The van der Waals surface area contributed by atoms with Crippen LogP contribution in [0.1, 0.15) is 21.7 Å². The fraction of sp³-hybridized carbons (Fsp3) is 0.259. The second-order valence-corrected chi connectivity index (χ2v) is 9.88. The lowest BCUT2D eigenvalue weighted by atomic mass is 10.1. The van der Waals surface area contributed by atoms with E-state index in [1.807, 2.05) is 18.2 Å². The number of fused-ring (bicyclic) bond motifs is 1. The molecule has 10 heteroatoms. The zero-order valence-corrected chi connectivity index (χ0v) is 21.0. The van der Waals surface area contributed by atoms with E-state index in [-0.39, 0.29) is 11.4 Å². The SMILES string of the molecule is COc1ccc(-c2ccc(CN3CCc4nc(-c5ccc(C(F)(F)F)cc5)[nH]c(=O)c4C3)s2)cc1OC. The van der Waals surface area contributed by atoms with Gasteiger partial charge in [0, 0.05) is 41.4 Å². The number of benzene rings is 2. The first-order chi connectivity index (χ1) is 17.7. The van der Waals surface area contributed by atoms with Gasteiger partial charge in [-0.05, 0) is 48.0 Å². The standard InChI is InChI=1S/C27H24F3N3O3S/c1-35-22-9-5-17(13-23(22)36-2)24-10-8-19(37-24)14-33-12-11-21-20(15-33)26(34)32-25(31-21)16-3-6-18(7-4-16)27(28,29)30/h3-10,13H,11-12,14-15H2,1-2H3,(H,31,32,34). The molecule has 2 aromatic heterocycles. The van der Waals surface area contributed by atoms with E-state index in [2.05, 4.69) is 27.0 Å². The minimum Gasteiger partial charge on any atom is -0.493 e. The minimum absolute atomic E-state index is 0.262. The van der Waals surface area contributed by atoms with Gasteiger partial charge in [-0.3, -0.25) is 9.69 Å². The number of aromatic amines is 1. The summed E-state index contributed by atoms with van der Waals surface area (Å²) in [6.45, 7) is 1.87. The molecule has 3 heterocycles. The number of halogens is 3. The Balaban J connectivity index is 1.30. The van der Waals surface area contributed by atoms with Gasteiger partial charge < -0.3 is 14.5 Å². The lowest BCUT2D eigenvalue weighted by molar-refractivity contribution is -0.137. The lowest BCUT2D eigenvalue weighted by Gasteiger charge is -2.27. The number of nitrogens with zero attached hydrogens (tertiary/aromatic N) is 2. The highest BCUT2D eigenvalue weighted by Gasteiger charge is 2.30. The van der Waals surface area contributed by atoms with Gasteiger partial charge in [-0.25, -0.2) is 4.98 Å². The number of alkyl halides is 3. The number of methoxy groups -OCH3 is 2. The van der Waals surface area contributed by atoms with Gasteiger partial charge in [0.15, 0.2) is 11.5 Å². The number of thiophene rings is 1. The van der Waals surface area contributed by atoms with Crippen LogP contribution in [0.4, 0.5) is 13.2 Å². The average molecular weight is 528 g/mol. The van der Waals surface area contributed by atoms with E-state index in [1.54, 1.807) is 25.6 Å². The Morgan fingerprint density at radius 2 is 1.73 bits per heavy atom. The normalized spacial score (nSPS) is 13.9. The Kier molecular flexibility index (Phi) is 6.78. The number of aromatic nitrogens is 2. The van der Waals surface area contributed by atoms with Gasteiger partial charge in [0.25, 0.3) is 5.56 Å². The Bertz CT molecular complexity index is 1480. The van der Waals surface area contributed by atoms with Crippen molar-refractivity contribution in [2.24, 2.45) is 0 Å². The molecule has 1 aliphatic heterocycles. The number of nitrogens with one attached hydrogen (secondary N) is 1. The monoisotopic (exact) mass is 527 g/mol. The van der Waals surface area contributed by atoms with Gasteiger partial charge in [0.1, 0.15) is 5.82 Å². The maximum absolute atomic E-state index is 12.9. The second-order valence-electron chi connectivity index (χ2n) is 8.71. The molecule has 0 unspecified atom stereocenters. The average Bonchev–Trinajstić information content (AvgIpc) is 3.36. The van der Waals surface area contributed by atoms with Crippen LogP contribution >= 0.6 is 11.3 Å². The summed E-state index contributed by atoms with van der Waals surface area (Å²) < 4.78 is 49.3. The van der Waals surface area contributed by atoms with Crippen molar-refractivity contribution in [1.29, 1.82) is 0 Å². The summed E-state index contributed by atoms with van der Waals surface area (Å²) in [7, 11) is 3.21. The van der Waals surface area contributed by atoms with Gasteiger partial charge >= 0.3 is 6.18 Å². The van der Waals surface area contributed by atoms with Crippen molar-refractivity contribution in [1.82, 2.24) is 14.9 Å². The summed E-state index contributed by atoms with van der Waals surface area (Å²) in [6, 6.07) is 14.6. The molecule has 0 amide bonds. The summed E-state index contributed by atoms with van der Waals surface area (Å²) in [5.41, 5.74) is 1.76. The van der Waals surface area contributed by atoms with Crippen LogP contribution in [-0.4, -0.2) is 35.6 Å². The Labute approximate surface area is 215 Å². The molecule has 0 saturated carbocycles. The van der Waals surface area contributed by atoms with Crippen LogP contribution < -0.4 is 15.0 Å². The number of H-pyrrole nitrogens is 1. The summed E-state index contributed by atoms with van der Waals surface area (Å²) in [5.74, 6) is 1.63. The lowest BCUT2D eigenvalue weighted by Crippen LogP contribution is -2.35. The molecule has 37 heavy (non-hydrogen) atoms. The topological polar surface area (TPSA) is 67.5 Å². The quantitative estimate of drug-likeness (QED) is 0.345. The van der Waals surface area contributed by atoms with E-state index in [0.29, 0.717) is 47.8 Å². The predicted molar refractivity (Wildman–Crippen MR) is 136 cm³/mol. The molecule has 0 radical (unpaired) electrons. The van der Waals surface area contributed by atoms with Gasteiger partial charge in [0.05, 0.1) is 31.0 Å². The fourth-order valence-corrected chi connectivity index (χ4v) is 5.44. The minimum atomic E-state index is -4.41. The molecule has 0 saturated heterocycles. The van der Waals surface area contributed by atoms with Crippen molar-refractivity contribution in [3.05, 3.63) is 86.6 Å². The molecule has 0 aliphatic carbocycles. The molecule has 0 spiro atoms. The molecule has 1 N–H and O–H groups in total. The third kappa shape index (κ3) is 5.26. The van der Waals surface area contributed by atoms with E-state index >= 15 is 0 Å².